The van der Waals surface area contributed by atoms with Gasteiger partial charge in [-0.1, -0.05) is 25.0 Å². The fraction of sp³-hybridized carbons (Fsp3) is 0.600. The highest BCUT2D eigenvalue weighted by atomic mass is 16.6. The van der Waals surface area contributed by atoms with E-state index in [0.717, 1.165) is 24.9 Å². The van der Waals surface area contributed by atoms with Gasteiger partial charge >= 0.3 is 0 Å². The predicted molar refractivity (Wildman–Crippen MR) is 83.0 cm³/mol. The molecule has 0 saturated heterocycles. The number of nitro groups is 1. The van der Waals surface area contributed by atoms with Crippen LogP contribution in [0.4, 0.5) is 5.69 Å². The Morgan fingerprint density at radius 3 is 2.57 bits per heavy atom. The summed E-state index contributed by atoms with van der Waals surface area (Å²) in [5, 5.41) is 14.1. The summed E-state index contributed by atoms with van der Waals surface area (Å²) in [7, 11) is 0. The Morgan fingerprint density at radius 1 is 1.29 bits per heavy atom. The summed E-state index contributed by atoms with van der Waals surface area (Å²) in [4.78, 5) is 10.2. The van der Waals surface area contributed by atoms with Gasteiger partial charge in [0.2, 0.25) is 0 Å². The Kier molecular flexibility index (Phi) is 5.67. The zero-order chi connectivity index (χ0) is 15.2. The van der Waals surface area contributed by atoms with Gasteiger partial charge in [0.25, 0.3) is 5.69 Å². The number of hydrogen-bond acceptors (Lipinski definition) is 5. The van der Waals surface area contributed by atoms with Gasteiger partial charge in [0.1, 0.15) is 0 Å². The van der Waals surface area contributed by atoms with Crippen molar-refractivity contribution < 1.29 is 4.92 Å². The summed E-state index contributed by atoms with van der Waals surface area (Å²) in [5.74, 6) is 0. The van der Waals surface area contributed by atoms with E-state index in [9.17, 15) is 10.1 Å². The van der Waals surface area contributed by atoms with Gasteiger partial charge in [0.15, 0.2) is 0 Å². The van der Waals surface area contributed by atoms with Crippen LogP contribution in [0.15, 0.2) is 24.3 Å². The molecule has 0 heterocycles. The van der Waals surface area contributed by atoms with Gasteiger partial charge in [-0.15, -0.1) is 0 Å². The van der Waals surface area contributed by atoms with Gasteiger partial charge in [-0.25, -0.2) is 0 Å². The van der Waals surface area contributed by atoms with Gasteiger partial charge in [-0.3, -0.25) is 10.1 Å². The molecule has 21 heavy (non-hydrogen) atoms. The first kappa shape index (κ1) is 15.9. The molecule has 0 aliphatic heterocycles. The second-order valence-corrected chi connectivity index (χ2v) is 5.85. The molecule has 0 aromatic heterocycles. The monoisotopic (exact) mass is 292 g/mol. The standard InChI is InChI=1S/C15H24N4O2/c16-12(10-18-15-4-2-1-3-14(15)17)9-11-5-7-13(8-6-11)19(20)21/h5-8,12,14-15,18H,1-4,9-10,16-17H2/t12-,14?,15?/m1/s1. The second kappa shape index (κ2) is 7.49. The maximum atomic E-state index is 10.6. The number of rotatable bonds is 6. The van der Waals surface area contributed by atoms with Gasteiger partial charge < -0.3 is 16.8 Å². The lowest BCUT2D eigenvalue weighted by molar-refractivity contribution is -0.384. The molecule has 5 N–H and O–H groups in total. The highest BCUT2D eigenvalue weighted by Crippen LogP contribution is 2.17. The number of benzene rings is 1. The third-order valence-electron chi connectivity index (χ3n) is 4.11. The molecule has 6 nitrogen and oxygen atoms in total. The Bertz CT molecular complexity index is 463. The van der Waals surface area contributed by atoms with Gasteiger partial charge in [-0.05, 0) is 24.8 Å². The number of nitrogens with one attached hydrogen (secondary N) is 1. The lowest BCUT2D eigenvalue weighted by Crippen LogP contribution is -2.50. The zero-order valence-corrected chi connectivity index (χ0v) is 12.2. The van der Waals surface area contributed by atoms with Crippen LogP contribution in [0.2, 0.25) is 0 Å². The van der Waals surface area contributed by atoms with Crippen LogP contribution in [-0.2, 0) is 6.42 Å². The molecule has 116 valence electrons. The van der Waals surface area contributed by atoms with Crippen LogP contribution >= 0.6 is 0 Å². The highest BCUT2D eigenvalue weighted by Gasteiger charge is 2.21. The van der Waals surface area contributed by atoms with Crippen LogP contribution in [0.1, 0.15) is 31.2 Å². The summed E-state index contributed by atoms with van der Waals surface area (Å²) < 4.78 is 0. The van der Waals surface area contributed by atoms with Gasteiger partial charge in [0, 0.05) is 36.8 Å². The van der Waals surface area contributed by atoms with Crippen molar-refractivity contribution in [1.29, 1.82) is 0 Å². The van der Waals surface area contributed by atoms with Crippen molar-refractivity contribution >= 4 is 5.69 Å². The molecule has 6 heteroatoms. The van der Waals surface area contributed by atoms with E-state index in [1.807, 2.05) is 0 Å². The molecule has 0 amide bonds. The fourth-order valence-electron chi connectivity index (χ4n) is 2.84. The molecule has 1 saturated carbocycles. The summed E-state index contributed by atoms with van der Waals surface area (Å²) in [6.07, 6.45) is 5.34. The van der Waals surface area contributed by atoms with E-state index >= 15 is 0 Å². The largest absolute Gasteiger partial charge is 0.326 e. The van der Waals surface area contributed by atoms with E-state index in [-0.39, 0.29) is 17.8 Å². The topological polar surface area (TPSA) is 107 Å². The number of nitrogens with zero attached hydrogens (tertiary/aromatic N) is 1. The lowest BCUT2D eigenvalue weighted by atomic mass is 9.91. The highest BCUT2D eigenvalue weighted by molar-refractivity contribution is 5.33. The second-order valence-electron chi connectivity index (χ2n) is 5.85. The minimum absolute atomic E-state index is 0.0133. The summed E-state index contributed by atoms with van der Waals surface area (Å²) in [6.45, 7) is 0.718. The molecule has 1 aromatic carbocycles. The Labute approximate surface area is 125 Å². The quantitative estimate of drug-likeness (QED) is 0.541. The van der Waals surface area contributed by atoms with E-state index in [4.69, 9.17) is 11.5 Å². The Morgan fingerprint density at radius 2 is 1.95 bits per heavy atom. The maximum Gasteiger partial charge on any atom is 0.269 e. The number of hydrogen-bond donors (Lipinski definition) is 3. The van der Waals surface area contributed by atoms with Crippen LogP contribution in [-0.4, -0.2) is 29.6 Å². The van der Waals surface area contributed by atoms with Gasteiger partial charge in [0.05, 0.1) is 4.92 Å². The van der Waals surface area contributed by atoms with E-state index in [0.29, 0.717) is 12.5 Å². The van der Waals surface area contributed by atoms with Crippen LogP contribution in [0, 0.1) is 10.1 Å². The average molecular weight is 292 g/mol. The van der Waals surface area contributed by atoms with Crippen LogP contribution in [0.5, 0.6) is 0 Å². The zero-order valence-electron chi connectivity index (χ0n) is 12.2. The molecular weight excluding hydrogens is 268 g/mol. The summed E-state index contributed by atoms with van der Waals surface area (Å²) in [6, 6.07) is 7.15. The van der Waals surface area contributed by atoms with Crippen LogP contribution < -0.4 is 16.8 Å². The lowest BCUT2D eigenvalue weighted by Gasteiger charge is -2.30. The van der Waals surface area contributed by atoms with E-state index in [2.05, 4.69) is 5.32 Å². The summed E-state index contributed by atoms with van der Waals surface area (Å²) in [5.41, 5.74) is 13.4. The molecule has 0 spiro atoms. The molecule has 3 atom stereocenters. The SMILES string of the molecule is NC1CCCCC1NC[C@H](N)Cc1ccc([N+](=O)[O-])cc1. The van der Waals surface area contributed by atoms with Crippen molar-refractivity contribution in [1.82, 2.24) is 5.32 Å². The first-order valence-corrected chi connectivity index (χ1v) is 7.54. The van der Waals surface area contributed by atoms with E-state index in [1.54, 1.807) is 12.1 Å². The molecule has 1 aliphatic carbocycles. The number of nitrogens with two attached hydrogens (primary N) is 2. The van der Waals surface area contributed by atoms with Crippen molar-refractivity contribution in [3.8, 4) is 0 Å². The minimum atomic E-state index is -0.393. The number of nitro benzene ring substituents is 1. The van der Waals surface area contributed by atoms with Crippen molar-refractivity contribution in [2.45, 2.75) is 50.2 Å². The van der Waals surface area contributed by atoms with Crippen molar-refractivity contribution in [3.05, 3.63) is 39.9 Å². The molecular formula is C15H24N4O2. The molecule has 0 bridgehead atoms. The molecule has 1 fully saturated rings. The maximum absolute atomic E-state index is 10.6. The Hall–Kier alpha value is -1.50. The van der Waals surface area contributed by atoms with Crippen LogP contribution in [0.25, 0.3) is 0 Å². The third-order valence-corrected chi connectivity index (χ3v) is 4.11. The first-order chi connectivity index (χ1) is 10.1. The molecule has 2 rings (SSSR count). The smallest absolute Gasteiger partial charge is 0.269 e. The predicted octanol–water partition coefficient (Wildman–Crippen LogP) is 1.32. The van der Waals surface area contributed by atoms with E-state index in [1.165, 1.54) is 25.0 Å². The normalized spacial score (nSPS) is 23.7. The van der Waals surface area contributed by atoms with Crippen molar-refractivity contribution in [2.24, 2.45) is 11.5 Å². The molecule has 1 aliphatic rings. The van der Waals surface area contributed by atoms with Gasteiger partial charge in [-0.2, -0.15) is 0 Å². The molecule has 2 unspecified atom stereocenters. The molecule has 1 aromatic rings. The average Bonchev–Trinajstić information content (AvgIpc) is 2.47. The molecule has 0 radical (unpaired) electrons. The van der Waals surface area contributed by atoms with E-state index < -0.39 is 4.92 Å². The van der Waals surface area contributed by atoms with Crippen molar-refractivity contribution in [3.63, 3.8) is 0 Å². The summed E-state index contributed by atoms with van der Waals surface area (Å²) >= 11 is 0. The number of non-ortho nitro benzene ring substituents is 1. The van der Waals surface area contributed by atoms with Crippen molar-refractivity contribution in [2.75, 3.05) is 6.54 Å². The fourth-order valence-corrected chi connectivity index (χ4v) is 2.84. The third kappa shape index (κ3) is 4.77. The Balaban J connectivity index is 1.78. The first-order valence-electron chi connectivity index (χ1n) is 7.54. The minimum Gasteiger partial charge on any atom is -0.326 e. The van der Waals surface area contributed by atoms with Crippen LogP contribution in [0.3, 0.4) is 0 Å².